The van der Waals surface area contributed by atoms with Crippen LogP contribution in [0.3, 0.4) is 0 Å². The fourth-order valence-corrected chi connectivity index (χ4v) is 2.67. The SMILES string of the molecule is CC(C)(N)c1ccc2c(c1)CCN2CC1CC1. The van der Waals surface area contributed by atoms with Gasteiger partial charge in [-0.05, 0) is 56.2 Å². The van der Waals surface area contributed by atoms with Gasteiger partial charge in [-0.3, -0.25) is 0 Å². The molecule has 1 aliphatic carbocycles. The number of nitrogens with zero attached hydrogens (tertiary/aromatic N) is 1. The third-order valence-electron chi connectivity index (χ3n) is 3.99. The van der Waals surface area contributed by atoms with Gasteiger partial charge >= 0.3 is 0 Å². The van der Waals surface area contributed by atoms with E-state index < -0.39 is 0 Å². The van der Waals surface area contributed by atoms with Gasteiger partial charge in [-0.2, -0.15) is 0 Å². The van der Waals surface area contributed by atoms with Crippen molar-refractivity contribution in [3.05, 3.63) is 29.3 Å². The molecule has 0 aromatic heterocycles. The third kappa shape index (κ3) is 2.19. The average molecular weight is 230 g/mol. The summed E-state index contributed by atoms with van der Waals surface area (Å²) < 4.78 is 0. The zero-order chi connectivity index (χ0) is 12.0. The molecule has 0 saturated heterocycles. The Hall–Kier alpha value is -1.02. The molecule has 17 heavy (non-hydrogen) atoms. The van der Waals surface area contributed by atoms with E-state index in [1.54, 1.807) is 0 Å². The predicted molar refractivity (Wildman–Crippen MR) is 72.3 cm³/mol. The number of fused-ring (bicyclic) bond motifs is 1. The number of benzene rings is 1. The van der Waals surface area contributed by atoms with Crippen LogP contribution >= 0.6 is 0 Å². The normalized spacial score (nSPS) is 19.6. The van der Waals surface area contributed by atoms with Gasteiger partial charge in [0.15, 0.2) is 0 Å². The van der Waals surface area contributed by atoms with Crippen molar-refractivity contribution in [1.29, 1.82) is 0 Å². The summed E-state index contributed by atoms with van der Waals surface area (Å²) in [5, 5.41) is 0. The molecule has 0 radical (unpaired) electrons. The first-order chi connectivity index (χ1) is 8.04. The summed E-state index contributed by atoms with van der Waals surface area (Å²) in [4.78, 5) is 2.56. The number of rotatable bonds is 3. The molecule has 0 amide bonds. The third-order valence-corrected chi connectivity index (χ3v) is 3.99. The van der Waals surface area contributed by atoms with Crippen molar-refractivity contribution in [2.75, 3.05) is 18.0 Å². The molecule has 1 heterocycles. The van der Waals surface area contributed by atoms with Crippen LogP contribution in [-0.4, -0.2) is 13.1 Å². The van der Waals surface area contributed by atoms with E-state index in [4.69, 9.17) is 5.73 Å². The van der Waals surface area contributed by atoms with Crippen LogP contribution in [0.15, 0.2) is 18.2 Å². The molecule has 0 bridgehead atoms. The minimum Gasteiger partial charge on any atom is -0.371 e. The fraction of sp³-hybridized carbons (Fsp3) is 0.600. The lowest BCUT2D eigenvalue weighted by Crippen LogP contribution is -2.28. The molecule has 0 spiro atoms. The zero-order valence-corrected chi connectivity index (χ0v) is 10.9. The van der Waals surface area contributed by atoms with Crippen LogP contribution < -0.4 is 10.6 Å². The van der Waals surface area contributed by atoms with Crippen LogP contribution in [0.5, 0.6) is 0 Å². The Morgan fingerprint density at radius 1 is 1.35 bits per heavy atom. The average Bonchev–Trinajstić information content (AvgIpc) is 2.98. The molecular weight excluding hydrogens is 208 g/mol. The molecule has 1 aliphatic heterocycles. The van der Waals surface area contributed by atoms with Crippen LogP contribution in [0.25, 0.3) is 0 Å². The summed E-state index contributed by atoms with van der Waals surface area (Å²) in [6.07, 6.45) is 4.05. The van der Waals surface area contributed by atoms with Crippen molar-refractivity contribution >= 4 is 5.69 Å². The molecule has 3 rings (SSSR count). The van der Waals surface area contributed by atoms with Crippen molar-refractivity contribution in [1.82, 2.24) is 0 Å². The Morgan fingerprint density at radius 2 is 2.12 bits per heavy atom. The fourth-order valence-electron chi connectivity index (χ4n) is 2.67. The monoisotopic (exact) mass is 230 g/mol. The van der Waals surface area contributed by atoms with Crippen LogP contribution in [0.4, 0.5) is 5.69 Å². The van der Waals surface area contributed by atoms with E-state index in [1.165, 1.54) is 49.2 Å². The molecule has 1 saturated carbocycles. The molecule has 0 atom stereocenters. The predicted octanol–water partition coefficient (Wildman–Crippen LogP) is 2.65. The molecular formula is C15H22N2. The van der Waals surface area contributed by atoms with Gasteiger partial charge in [-0.25, -0.2) is 0 Å². The molecule has 2 N–H and O–H groups in total. The number of anilines is 1. The Labute approximate surface area is 104 Å². The Balaban J connectivity index is 1.85. The standard InChI is InChI=1S/C15H22N2/c1-15(2,16)13-5-6-14-12(9-13)7-8-17(14)10-11-3-4-11/h5-6,9,11H,3-4,7-8,10,16H2,1-2H3. The van der Waals surface area contributed by atoms with Gasteiger partial charge in [0.1, 0.15) is 0 Å². The van der Waals surface area contributed by atoms with Crippen molar-refractivity contribution in [3.8, 4) is 0 Å². The summed E-state index contributed by atoms with van der Waals surface area (Å²) in [6, 6.07) is 6.78. The minimum atomic E-state index is -0.223. The number of hydrogen-bond donors (Lipinski definition) is 1. The van der Waals surface area contributed by atoms with E-state index in [0.29, 0.717) is 0 Å². The first-order valence-electron chi connectivity index (χ1n) is 6.71. The summed E-state index contributed by atoms with van der Waals surface area (Å²) in [5.41, 5.74) is 10.1. The quantitative estimate of drug-likeness (QED) is 0.865. The summed E-state index contributed by atoms with van der Waals surface area (Å²) in [6.45, 7) is 6.61. The number of hydrogen-bond acceptors (Lipinski definition) is 2. The van der Waals surface area contributed by atoms with Gasteiger partial charge < -0.3 is 10.6 Å². The Morgan fingerprint density at radius 3 is 2.76 bits per heavy atom. The minimum absolute atomic E-state index is 0.223. The van der Waals surface area contributed by atoms with Crippen LogP contribution in [0.1, 0.15) is 37.8 Å². The van der Waals surface area contributed by atoms with Gasteiger partial charge in [0.25, 0.3) is 0 Å². The second kappa shape index (κ2) is 3.74. The van der Waals surface area contributed by atoms with Gasteiger partial charge in [-0.1, -0.05) is 12.1 Å². The van der Waals surface area contributed by atoms with Crippen molar-refractivity contribution in [3.63, 3.8) is 0 Å². The lowest BCUT2D eigenvalue weighted by atomic mass is 9.93. The molecule has 0 unspecified atom stereocenters. The molecule has 2 heteroatoms. The van der Waals surface area contributed by atoms with Crippen LogP contribution in [0.2, 0.25) is 0 Å². The van der Waals surface area contributed by atoms with Crippen molar-refractivity contribution < 1.29 is 0 Å². The van der Waals surface area contributed by atoms with Crippen molar-refractivity contribution in [2.45, 2.75) is 38.6 Å². The van der Waals surface area contributed by atoms with E-state index in [9.17, 15) is 0 Å². The van der Waals surface area contributed by atoms with Gasteiger partial charge in [0.2, 0.25) is 0 Å². The van der Waals surface area contributed by atoms with E-state index in [2.05, 4.69) is 36.9 Å². The first kappa shape index (κ1) is 11.1. The second-order valence-electron chi connectivity index (χ2n) is 6.20. The smallest absolute Gasteiger partial charge is 0.0399 e. The molecule has 1 fully saturated rings. The van der Waals surface area contributed by atoms with Gasteiger partial charge in [0, 0.05) is 24.3 Å². The van der Waals surface area contributed by atoms with E-state index in [1.807, 2.05) is 0 Å². The Kier molecular flexibility index (Phi) is 2.44. The molecule has 2 aliphatic rings. The largest absolute Gasteiger partial charge is 0.371 e. The highest BCUT2D eigenvalue weighted by atomic mass is 15.2. The highest BCUT2D eigenvalue weighted by molar-refractivity contribution is 5.59. The molecule has 1 aromatic rings. The molecule has 1 aromatic carbocycles. The van der Waals surface area contributed by atoms with Crippen LogP contribution in [0, 0.1) is 5.92 Å². The van der Waals surface area contributed by atoms with E-state index in [0.717, 1.165) is 5.92 Å². The van der Waals surface area contributed by atoms with Crippen LogP contribution in [-0.2, 0) is 12.0 Å². The van der Waals surface area contributed by atoms with Gasteiger partial charge in [-0.15, -0.1) is 0 Å². The van der Waals surface area contributed by atoms with Crippen molar-refractivity contribution in [2.24, 2.45) is 11.7 Å². The summed E-state index contributed by atoms with van der Waals surface area (Å²) >= 11 is 0. The zero-order valence-electron chi connectivity index (χ0n) is 10.9. The highest BCUT2D eigenvalue weighted by Gasteiger charge is 2.28. The van der Waals surface area contributed by atoms with E-state index >= 15 is 0 Å². The maximum Gasteiger partial charge on any atom is 0.0399 e. The summed E-state index contributed by atoms with van der Waals surface area (Å²) in [7, 11) is 0. The summed E-state index contributed by atoms with van der Waals surface area (Å²) in [5.74, 6) is 0.964. The van der Waals surface area contributed by atoms with Gasteiger partial charge in [0.05, 0.1) is 0 Å². The molecule has 92 valence electrons. The molecule has 2 nitrogen and oxygen atoms in total. The highest BCUT2D eigenvalue weighted by Crippen LogP contribution is 2.36. The first-order valence-corrected chi connectivity index (χ1v) is 6.71. The lowest BCUT2D eigenvalue weighted by molar-refractivity contribution is 0.554. The topological polar surface area (TPSA) is 29.3 Å². The maximum absolute atomic E-state index is 6.16. The Bertz CT molecular complexity index is 427. The van der Waals surface area contributed by atoms with E-state index in [-0.39, 0.29) is 5.54 Å². The second-order valence-corrected chi connectivity index (χ2v) is 6.20. The lowest BCUT2D eigenvalue weighted by Gasteiger charge is -2.22. The maximum atomic E-state index is 6.16. The number of nitrogens with two attached hydrogens (primary N) is 1.